The molecule has 3 aromatic rings. The standard InChI is InChI=1S/C29H35ClN4O2S/c1-18(31-2)27(35)32-25(19-10-4-3-5-11-19)29(36)34-17-9-15-23(34)28-33-26-21(13-8-16-24(26)37-28)20-12-6-7-14-22(20)30/h6-8,12-14,16,18-19,23,25,31H,3-5,9-11,15,17H2,1-2H3,(H,32,35)/t18-,23+,25-/m0/s1. The number of amides is 2. The highest BCUT2D eigenvalue weighted by Crippen LogP contribution is 2.41. The summed E-state index contributed by atoms with van der Waals surface area (Å²) in [4.78, 5) is 34.0. The lowest BCUT2D eigenvalue weighted by Gasteiger charge is -2.35. The summed E-state index contributed by atoms with van der Waals surface area (Å²) < 4.78 is 1.09. The van der Waals surface area contributed by atoms with Crippen molar-refractivity contribution in [2.45, 2.75) is 70.0 Å². The van der Waals surface area contributed by atoms with Crippen molar-refractivity contribution in [1.82, 2.24) is 20.5 Å². The first-order chi connectivity index (χ1) is 18.0. The SMILES string of the molecule is CN[C@@H](C)C(=O)N[C@H](C(=O)N1CCC[C@@H]1c1nc2c(-c3ccccc3Cl)cccc2s1)C1CCCCC1. The summed E-state index contributed by atoms with van der Waals surface area (Å²) >= 11 is 8.18. The van der Waals surface area contributed by atoms with Gasteiger partial charge in [0, 0.05) is 22.7 Å². The second-order valence-corrected chi connectivity index (χ2v) is 11.7. The van der Waals surface area contributed by atoms with Gasteiger partial charge in [0.1, 0.15) is 11.0 Å². The Kier molecular flexibility index (Phi) is 8.12. The number of likely N-dealkylation sites (tertiary alicyclic amines) is 1. The van der Waals surface area contributed by atoms with E-state index in [1.54, 1.807) is 18.4 Å². The molecule has 1 saturated heterocycles. The third-order valence-corrected chi connectivity index (χ3v) is 9.38. The summed E-state index contributed by atoms with van der Waals surface area (Å²) in [6.07, 6.45) is 7.18. The van der Waals surface area contributed by atoms with Crippen molar-refractivity contribution < 1.29 is 9.59 Å². The molecule has 8 heteroatoms. The predicted molar refractivity (Wildman–Crippen MR) is 151 cm³/mol. The van der Waals surface area contributed by atoms with Crippen molar-refractivity contribution in [3.8, 4) is 11.1 Å². The largest absolute Gasteiger partial charge is 0.343 e. The average molecular weight is 539 g/mol. The molecule has 1 aliphatic carbocycles. The first-order valence-corrected chi connectivity index (χ1v) is 14.6. The fourth-order valence-electron chi connectivity index (χ4n) is 5.73. The minimum atomic E-state index is -0.489. The molecule has 37 heavy (non-hydrogen) atoms. The zero-order valence-corrected chi connectivity index (χ0v) is 23.1. The van der Waals surface area contributed by atoms with Gasteiger partial charge in [0.25, 0.3) is 0 Å². The number of nitrogens with one attached hydrogen (secondary N) is 2. The van der Waals surface area contributed by atoms with Crippen LogP contribution in [0.15, 0.2) is 42.5 Å². The number of rotatable bonds is 7. The molecule has 196 valence electrons. The van der Waals surface area contributed by atoms with E-state index >= 15 is 0 Å². The minimum absolute atomic E-state index is 0.0386. The third-order valence-electron chi connectivity index (χ3n) is 7.93. The van der Waals surface area contributed by atoms with Crippen molar-refractivity contribution in [1.29, 1.82) is 0 Å². The summed E-state index contributed by atoms with van der Waals surface area (Å²) in [5.74, 6) is 0.0980. The number of hydrogen-bond donors (Lipinski definition) is 2. The lowest BCUT2D eigenvalue weighted by atomic mass is 9.83. The number of hydrogen-bond acceptors (Lipinski definition) is 5. The molecule has 2 aliphatic rings. The predicted octanol–water partition coefficient (Wildman–Crippen LogP) is 5.95. The van der Waals surface area contributed by atoms with E-state index in [9.17, 15) is 9.59 Å². The summed E-state index contributed by atoms with van der Waals surface area (Å²) in [5.41, 5.74) is 2.90. The van der Waals surface area contributed by atoms with Crippen LogP contribution < -0.4 is 10.6 Å². The normalized spacial score (nSPS) is 20.2. The molecular weight excluding hydrogens is 504 g/mol. The summed E-state index contributed by atoms with van der Waals surface area (Å²) in [7, 11) is 1.77. The Morgan fingerprint density at radius 1 is 1.03 bits per heavy atom. The highest BCUT2D eigenvalue weighted by Gasteiger charge is 2.40. The number of nitrogens with zero attached hydrogens (tertiary/aromatic N) is 2. The molecule has 0 bridgehead atoms. The number of para-hydroxylation sites is 1. The molecule has 2 fully saturated rings. The number of carbonyl (C=O) groups is 2. The number of likely N-dealkylation sites (N-methyl/N-ethyl adjacent to an activating group) is 1. The Morgan fingerprint density at radius 3 is 2.54 bits per heavy atom. The molecule has 0 spiro atoms. The molecule has 2 heterocycles. The number of carbonyl (C=O) groups excluding carboxylic acids is 2. The van der Waals surface area contributed by atoms with Gasteiger partial charge in [-0.15, -0.1) is 11.3 Å². The van der Waals surface area contributed by atoms with E-state index in [1.165, 1.54) is 6.42 Å². The Balaban J connectivity index is 1.45. The van der Waals surface area contributed by atoms with Crippen LogP contribution in [0.1, 0.15) is 62.9 Å². The van der Waals surface area contributed by atoms with Gasteiger partial charge in [-0.3, -0.25) is 9.59 Å². The van der Waals surface area contributed by atoms with Crippen molar-refractivity contribution >= 4 is 45.0 Å². The second kappa shape index (κ2) is 11.5. The fraction of sp³-hybridized carbons (Fsp3) is 0.483. The van der Waals surface area contributed by atoms with Gasteiger partial charge in [0.2, 0.25) is 11.8 Å². The van der Waals surface area contributed by atoms with E-state index in [2.05, 4.69) is 22.8 Å². The molecule has 2 aromatic carbocycles. The Bertz CT molecular complexity index is 1270. The van der Waals surface area contributed by atoms with Gasteiger partial charge in [0.05, 0.1) is 22.3 Å². The molecule has 0 unspecified atom stereocenters. The van der Waals surface area contributed by atoms with E-state index in [-0.39, 0.29) is 29.8 Å². The highest BCUT2D eigenvalue weighted by molar-refractivity contribution is 7.18. The van der Waals surface area contributed by atoms with Crippen molar-refractivity contribution in [3.63, 3.8) is 0 Å². The third kappa shape index (κ3) is 5.40. The highest BCUT2D eigenvalue weighted by atomic mass is 35.5. The van der Waals surface area contributed by atoms with E-state index < -0.39 is 6.04 Å². The first kappa shape index (κ1) is 26.1. The first-order valence-electron chi connectivity index (χ1n) is 13.4. The number of thiazole rings is 1. The van der Waals surface area contributed by atoms with Gasteiger partial charge in [0.15, 0.2) is 0 Å². The lowest BCUT2D eigenvalue weighted by molar-refractivity contribution is -0.139. The number of aromatic nitrogens is 1. The van der Waals surface area contributed by atoms with Crippen LogP contribution in [0.4, 0.5) is 0 Å². The van der Waals surface area contributed by atoms with E-state index in [0.717, 1.165) is 64.9 Å². The van der Waals surface area contributed by atoms with Crippen LogP contribution in [-0.4, -0.2) is 47.4 Å². The van der Waals surface area contributed by atoms with Crippen LogP contribution in [0.3, 0.4) is 0 Å². The van der Waals surface area contributed by atoms with Crippen LogP contribution in [0.2, 0.25) is 5.02 Å². The molecule has 2 amide bonds. The molecular formula is C29H35ClN4O2S. The molecule has 6 nitrogen and oxygen atoms in total. The molecule has 2 N–H and O–H groups in total. The Morgan fingerprint density at radius 2 is 1.78 bits per heavy atom. The molecule has 0 radical (unpaired) electrons. The van der Waals surface area contributed by atoms with Crippen LogP contribution in [0.5, 0.6) is 0 Å². The summed E-state index contributed by atoms with van der Waals surface area (Å²) in [5, 5.41) is 7.78. The quantitative estimate of drug-likeness (QED) is 0.389. The van der Waals surface area contributed by atoms with Crippen LogP contribution >= 0.6 is 22.9 Å². The monoisotopic (exact) mass is 538 g/mol. The van der Waals surface area contributed by atoms with Gasteiger partial charge >= 0.3 is 0 Å². The zero-order valence-electron chi connectivity index (χ0n) is 21.5. The fourth-order valence-corrected chi connectivity index (χ4v) is 7.11. The Labute approximate surface area is 227 Å². The number of fused-ring (bicyclic) bond motifs is 1. The number of halogens is 1. The summed E-state index contributed by atoms with van der Waals surface area (Å²) in [6.45, 7) is 2.52. The maximum absolute atomic E-state index is 14.1. The van der Waals surface area contributed by atoms with Gasteiger partial charge in [-0.2, -0.15) is 0 Å². The maximum Gasteiger partial charge on any atom is 0.246 e. The van der Waals surface area contributed by atoms with Gasteiger partial charge in [-0.1, -0.05) is 61.2 Å². The second-order valence-electron chi connectivity index (χ2n) is 10.3. The molecule has 5 rings (SSSR count). The van der Waals surface area contributed by atoms with Gasteiger partial charge in [-0.25, -0.2) is 4.98 Å². The molecule has 1 aromatic heterocycles. The van der Waals surface area contributed by atoms with E-state index in [4.69, 9.17) is 16.6 Å². The zero-order chi connectivity index (χ0) is 25.9. The van der Waals surface area contributed by atoms with Crippen LogP contribution in [0.25, 0.3) is 21.3 Å². The maximum atomic E-state index is 14.1. The molecule has 3 atom stereocenters. The topological polar surface area (TPSA) is 74.3 Å². The van der Waals surface area contributed by atoms with Gasteiger partial charge in [-0.05, 0) is 57.7 Å². The Hall–Kier alpha value is -2.48. The van der Waals surface area contributed by atoms with Crippen LogP contribution in [0, 0.1) is 5.92 Å². The number of benzene rings is 2. The van der Waals surface area contributed by atoms with Crippen LogP contribution in [-0.2, 0) is 9.59 Å². The van der Waals surface area contributed by atoms with Crippen molar-refractivity contribution in [2.75, 3.05) is 13.6 Å². The summed E-state index contributed by atoms with van der Waals surface area (Å²) in [6, 6.07) is 13.1. The minimum Gasteiger partial charge on any atom is -0.343 e. The average Bonchev–Trinajstić information content (AvgIpc) is 3.59. The van der Waals surface area contributed by atoms with E-state index in [1.807, 2.05) is 42.2 Å². The van der Waals surface area contributed by atoms with Crippen molar-refractivity contribution in [3.05, 3.63) is 52.5 Å². The van der Waals surface area contributed by atoms with Gasteiger partial charge < -0.3 is 15.5 Å². The van der Waals surface area contributed by atoms with Crippen molar-refractivity contribution in [2.24, 2.45) is 5.92 Å². The molecule has 1 saturated carbocycles. The lowest BCUT2D eigenvalue weighted by Crippen LogP contribution is -2.55. The smallest absolute Gasteiger partial charge is 0.246 e. The van der Waals surface area contributed by atoms with E-state index in [0.29, 0.717) is 11.6 Å². The molecule has 1 aliphatic heterocycles.